The smallest absolute Gasteiger partial charge is 0.255 e. The van der Waals surface area contributed by atoms with Crippen LogP contribution in [0.1, 0.15) is 29.3 Å². The van der Waals surface area contributed by atoms with Crippen LogP contribution in [0, 0.1) is 6.92 Å². The molecule has 1 unspecified atom stereocenters. The first-order chi connectivity index (χ1) is 16.3. The van der Waals surface area contributed by atoms with E-state index >= 15 is 0 Å². The van der Waals surface area contributed by atoms with E-state index in [1.165, 1.54) is 18.9 Å². The third kappa shape index (κ3) is 6.46. The van der Waals surface area contributed by atoms with Crippen LogP contribution in [0.15, 0.2) is 65.6 Å². The molecule has 34 heavy (non-hydrogen) atoms. The lowest BCUT2D eigenvalue weighted by atomic mass is 10.2. The number of amides is 2. The van der Waals surface area contributed by atoms with E-state index in [1.54, 1.807) is 43.5 Å². The summed E-state index contributed by atoms with van der Waals surface area (Å²) in [5.74, 6) is 0.655. The van der Waals surface area contributed by atoms with Crippen molar-refractivity contribution in [2.75, 3.05) is 24.9 Å². The van der Waals surface area contributed by atoms with E-state index in [2.05, 4.69) is 10.6 Å². The number of hydrogen-bond donors (Lipinski definition) is 2. The first-order valence-electron chi connectivity index (χ1n) is 10.7. The molecule has 178 valence electrons. The van der Waals surface area contributed by atoms with Gasteiger partial charge in [0.1, 0.15) is 0 Å². The van der Waals surface area contributed by atoms with Gasteiger partial charge in [0.25, 0.3) is 5.91 Å². The van der Waals surface area contributed by atoms with Crippen molar-refractivity contribution in [3.05, 3.63) is 76.8 Å². The summed E-state index contributed by atoms with van der Waals surface area (Å²) in [5, 5.41) is 6.13. The summed E-state index contributed by atoms with van der Waals surface area (Å²) in [6, 6.07) is 17.8. The molecule has 3 aromatic carbocycles. The number of benzene rings is 3. The quantitative estimate of drug-likeness (QED) is 0.332. The van der Waals surface area contributed by atoms with E-state index < -0.39 is 0 Å². The molecule has 0 spiro atoms. The fraction of sp³-hybridized carbons (Fsp3) is 0.231. The SMILES string of the molecule is CCC(Sc1cccc(NC(=O)c2ccc(OC)c(OC)c2)c1)C(=O)Nc1cc(Cl)ccc1C. The molecule has 0 aliphatic heterocycles. The number of nitrogens with one attached hydrogen (secondary N) is 2. The van der Waals surface area contributed by atoms with Crippen LogP contribution in [-0.4, -0.2) is 31.3 Å². The van der Waals surface area contributed by atoms with Gasteiger partial charge in [-0.1, -0.05) is 30.7 Å². The number of anilines is 2. The predicted molar refractivity (Wildman–Crippen MR) is 139 cm³/mol. The number of halogens is 1. The van der Waals surface area contributed by atoms with Gasteiger partial charge in [0, 0.05) is 26.9 Å². The fourth-order valence-electron chi connectivity index (χ4n) is 3.26. The van der Waals surface area contributed by atoms with E-state index in [0.717, 1.165) is 10.5 Å². The van der Waals surface area contributed by atoms with E-state index in [1.807, 2.05) is 38.1 Å². The zero-order chi connectivity index (χ0) is 24.7. The molecule has 0 saturated heterocycles. The molecule has 3 aromatic rings. The molecule has 2 amide bonds. The first-order valence-corrected chi connectivity index (χ1v) is 12.0. The molecule has 0 heterocycles. The average Bonchev–Trinajstić information content (AvgIpc) is 2.84. The minimum absolute atomic E-state index is 0.0994. The van der Waals surface area contributed by atoms with Crippen molar-refractivity contribution < 1.29 is 19.1 Å². The molecule has 3 rings (SSSR count). The van der Waals surface area contributed by atoms with Crippen molar-refractivity contribution in [1.29, 1.82) is 0 Å². The zero-order valence-corrected chi connectivity index (χ0v) is 21.0. The molecule has 2 N–H and O–H groups in total. The van der Waals surface area contributed by atoms with Gasteiger partial charge in [-0.2, -0.15) is 0 Å². The highest BCUT2D eigenvalue weighted by molar-refractivity contribution is 8.00. The van der Waals surface area contributed by atoms with E-state index in [9.17, 15) is 9.59 Å². The second-order valence-electron chi connectivity index (χ2n) is 7.51. The Balaban J connectivity index is 1.69. The minimum Gasteiger partial charge on any atom is -0.493 e. The van der Waals surface area contributed by atoms with Crippen LogP contribution in [0.4, 0.5) is 11.4 Å². The van der Waals surface area contributed by atoms with Crippen LogP contribution in [0.5, 0.6) is 11.5 Å². The molecular formula is C26H27ClN2O4S. The van der Waals surface area contributed by atoms with Crippen molar-refractivity contribution in [3.8, 4) is 11.5 Å². The Morgan fingerprint density at radius 3 is 2.44 bits per heavy atom. The van der Waals surface area contributed by atoms with Gasteiger partial charge in [-0.3, -0.25) is 9.59 Å². The summed E-state index contributed by atoms with van der Waals surface area (Å²) in [6.45, 7) is 3.88. The Hall–Kier alpha value is -3.16. The van der Waals surface area contributed by atoms with Gasteiger partial charge < -0.3 is 20.1 Å². The van der Waals surface area contributed by atoms with Crippen molar-refractivity contribution in [2.24, 2.45) is 0 Å². The lowest BCUT2D eigenvalue weighted by Gasteiger charge is -2.17. The molecule has 8 heteroatoms. The number of methoxy groups -OCH3 is 2. The van der Waals surface area contributed by atoms with Crippen molar-refractivity contribution in [1.82, 2.24) is 0 Å². The van der Waals surface area contributed by atoms with E-state index in [4.69, 9.17) is 21.1 Å². The van der Waals surface area contributed by atoms with Crippen LogP contribution >= 0.6 is 23.4 Å². The largest absolute Gasteiger partial charge is 0.493 e. The van der Waals surface area contributed by atoms with Crippen LogP contribution < -0.4 is 20.1 Å². The third-order valence-electron chi connectivity index (χ3n) is 5.14. The normalized spacial score (nSPS) is 11.4. The fourth-order valence-corrected chi connectivity index (χ4v) is 4.44. The lowest BCUT2D eigenvalue weighted by molar-refractivity contribution is -0.115. The van der Waals surface area contributed by atoms with Gasteiger partial charge in [0.05, 0.1) is 19.5 Å². The molecule has 0 fully saturated rings. The maximum absolute atomic E-state index is 12.9. The number of carbonyl (C=O) groups excluding carboxylic acids is 2. The highest BCUT2D eigenvalue weighted by atomic mass is 35.5. The molecular weight excluding hydrogens is 472 g/mol. The van der Waals surface area contributed by atoms with Crippen molar-refractivity contribution in [3.63, 3.8) is 0 Å². The minimum atomic E-state index is -0.310. The van der Waals surface area contributed by atoms with Crippen molar-refractivity contribution in [2.45, 2.75) is 30.4 Å². The number of thioether (sulfide) groups is 1. The van der Waals surface area contributed by atoms with Gasteiger partial charge in [-0.15, -0.1) is 11.8 Å². The summed E-state index contributed by atoms with van der Waals surface area (Å²) in [5.41, 5.74) is 2.72. The predicted octanol–water partition coefficient (Wildman–Crippen LogP) is 6.43. The summed E-state index contributed by atoms with van der Waals surface area (Å²) < 4.78 is 10.5. The standard InChI is InChI=1S/C26H27ClN2O4S/c1-5-24(26(31)29-21-14-18(27)11-9-16(21)2)34-20-8-6-7-19(15-20)28-25(30)17-10-12-22(32-3)23(13-17)33-4/h6-15,24H,5H2,1-4H3,(H,28,30)(H,29,31). The van der Waals surface area contributed by atoms with Gasteiger partial charge in [-0.05, 0) is 67.4 Å². The average molecular weight is 499 g/mol. The molecule has 0 aliphatic carbocycles. The van der Waals surface area contributed by atoms with Crippen LogP contribution in [0.25, 0.3) is 0 Å². The molecule has 0 radical (unpaired) electrons. The topological polar surface area (TPSA) is 76.7 Å². The molecule has 0 aromatic heterocycles. The summed E-state index contributed by atoms with van der Waals surface area (Å²) in [7, 11) is 3.06. The van der Waals surface area contributed by atoms with Crippen LogP contribution in [0.3, 0.4) is 0 Å². The second-order valence-corrected chi connectivity index (χ2v) is 9.23. The maximum atomic E-state index is 12.9. The number of carbonyl (C=O) groups is 2. The van der Waals surface area contributed by atoms with Crippen molar-refractivity contribution >= 4 is 46.6 Å². The molecule has 0 saturated carbocycles. The second kappa shape index (κ2) is 11.8. The number of rotatable bonds is 9. The molecule has 0 aliphatic rings. The number of hydrogen-bond acceptors (Lipinski definition) is 5. The summed E-state index contributed by atoms with van der Waals surface area (Å²) in [6.07, 6.45) is 0.637. The Morgan fingerprint density at radius 2 is 1.74 bits per heavy atom. The molecule has 6 nitrogen and oxygen atoms in total. The Kier molecular flexibility index (Phi) is 8.85. The highest BCUT2D eigenvalue weighted by Gasteiger charge is 2.19. The monoisotopic (exact) mass is 498 g/mol. The molecule has 1 atom stereocenters. The van der Waals surface area contributed by atoms with E-state index in [0.29, 0.717) is 39.9 Å². The highest BCUT2D eigenvalue weighted by Crippen LogP contribution is 2.31. The third-order valence-corrected chi connectivity index (χ3v) is 6.73. The Labute approximate surface area is 209 Å². The van der Waals surface area contributed by atoms with Gasteiger partial charge in [0.2, 0.25) is 5.91 Å². The maximum Gasteiger partial charge on any atom is 0.255 e. The van der Waals surface area contributed by atoms with Gasteiger partial charge in [0.15, 0.2) is 11.5 Å². The zero-order valence-electron chi connectivity index (χ0n) is 19.5. The van der Waals surface area contributed by atoms with E-state index in [-0.39, 0.29) is 17.1 Å². The summed E-state index contributed by atoms with van der Waals surface area (Å²) >= 11 is 7.52. The van der Waals surface area contributed by atoms with Crippen LogP contribution in [0.2, 0.25) is 5.02 Å². The number of ether oxygens (including phenoxy) is 2. The Bertz CT molecular complexity index is 1190. The molecule has 0 bridgehead atoms. The first kappa shape index (κ1) is 25.5. The lowest BCUT2D eigenvalue weighted by Crippen LogP contribution is -2.25. The summed E-state index contributed by atoms with van der Waals surface area (Å²) in [4.78, 5) is 26.5. The Morgan fingerprint density at radius 1 is 0.971 bits per heavy atom. The van der Waals surface area contributed by atoms with Crippen LogP contribution in [-0.2, 0) is 4.79 Å². The van der Waals surface area contributed by atoms with Gasteiger partial charge in [-0.25, -0.2) is 0 Å². The van der Waals surface area contributed by atoms with Gasteiger partial charge >= 0.3 is 0 Å². The number of aryl methyl sites for hydroxylation is 1.